The molecule has 5 nitrogen and oxygen atoms in total. The highest BCUT2D eigenvalue weighted by Crippen LogP contribution is 2.13. The molecule has 0 aromatic carbocycles. The van der Waals surface area contributed by atoms with Crippen LogP contribution in [0.25, 0.3) is 5.69 Å². The molecule has 0 spiro atoms. The molecule has 2 heterocycles. The molecule has 2 rings (SSSR count). The number of aryl methyl sites for hydroxylation is 2. The van der Waals surface area contributed by atoms with Crippen molar-refractivity contribution in [3.8, 4) is 5.69 Å². The van der Waals surface area contributed by atoms with Crippen LogP contribution in [0.15, 0.2) is 18.7 Å². The fourth-order valence-electron chi connectivity index (χ4n) is 1.83. The minimum Gasteiger partial charge on any atom is -0.311 e. The second-order valence-corrected chi connectivity index (χ2v) is 4.04. The highest BCUT2D eigenvalue weighted by atomic mass is 15.3. The van der Waals surface area contributed by atoms with E-state index in [1.807, 2.05) is 28.8 Å². The van der Waals surface area contributed by atoms with Crippen molar-refractivity contribution >= 4 is 0 Å². The first-order valence-corrected chi connectivity index (χ1v) is 6.01. The third-order valence-corrected chi connectivity index (χ3v) is 2.69. The smallest absolute Gasteiger partial charge is 0.0996 e. The molecule has 0 unspecified atom stereocenters. The lowest BCUT2D eigenvalue weighted by atomic mass is 10.3. The van der Waals surface area contributed by atoms with E-state index in [0.717, 1.165) is 36.6 Å². The van der Waals surface area contributed by atoms with Gasteiger partial charge in [0, 0.05) is 26.0 Å². The lowest BCUT2D eigenvalue weighted by Gasteiger charge is -1.99. The van der Waals surface area contributed by atoms with E-state index < -0.39 is 0 Å². The molecule has 0 aliphatic rings. The summed E-state index contributed by atoms with van der Waals surface area (Å²) in [6, 6.07) is 0. The van der Waals surface area contributed by atoms with Gasteiger partial charge in [0.2, 0.25) is 0 Å². The summed E-state index contributed by atoms with van der Waals surface area (Å²) in [7, 11) is 1.94. The van der Waals surface area contributed by atoms with Crippen molar-refractivity contribution in [2.75, 3.05) is 6.54 Å². The Kier molecular flexibility index (Phi) is 3.58. The van der Waals surface area contributed by atoms with Gasteiger partial charge in [0.25, 0.3) is 0 Å². The molecule has 0 aliphatic carbocycles. The Hall–Kier alpha value is -1.62. The first-order chi connectivity index (χ1) is 8.24. The van der Waals surface area contributed by atoms with Gasteiger partial charge < -0.3 is 9.88 Å². The maximum Gasteiger partial charge on any atom is 0.0996 e. The Morgan fingerprint density at radius 2 is 2.12 bits per heavy atom. The lowest BCUT2D eigenvalue weighted by Crippen LogP contribution is -2.11. The van der Waals surface area contributed by atoms with Crippen LogP contribution in [0.2, 0.25) is 0 Å². The molecule has 1 N–H and O–H groups in total. The van der Waals surface area contributed by atoms with Crippen molar-refractivity contribution in [3.63, 3.8) is 0 Å². The molecule has 0 radical (unpaired) electrons. The summed E-state index contributed by atoms with van der Waals surface area (Å²) < 4.78 is 3.89. The van der Waals surface area contributed by atoms with Crippen LogP contribution in [-0.4, -0.2) is 25.9 Å². The summed E-state index contributed by atoms with van der Waals surface area (Å²) in [5.74, 6) is 0. The molecule has 0 amide bonds. The third kappa shape index (κ3) is 2.55. The predicted molar refractivity (Wildman–Crippen MR) is 67.1 cm³/mol. The zero-order chi connectivity index (χ0) is 12.3. The Morgan fingerprint density at radius 1 is 1.29 bits per heavy atom. The van der Waals surface area contributed by atoms with Crippen molar-refractivity contribution in [2.45, 2.75) is 26.8 Å². The predicted octanol–water partition coefficient (Wildman–Crippen LogP) is 1.28. The molecule has 5 heteroatoms. The zero-order valence-electron chi connectivity index (χ0n) is 10.6. The second kappa shape index (κ2) is 5.14. The Bertz CT molecular complexity index is 483. The number of hydrogen-bond acceptors (Lipinski definition) is 3. The minimum atomic E-state index is 0.811. The van der Waals surface area contributed by atoms with Crippen LogP contribution in [0.3, 0.4) is 0 Å². The average molecular weight is 233 g/mol. The largest absolute Gasteiger partial charge is 0.311 e. The summed E-state index contributed by atoms with van der Waals surface area (Å²) >= 11 is 0. The topological polar surface area (TPSA) is 47.7 Å². The van der Waals surface area contributed by atoms with E-state index in [9.17, 15) is 0 Å². The van der Waals surface area contributed by atoms with Gasteiger partial charge in [0.05, 0.1) is 23.4 Å². The van der Waals surface area contributed by atoms with Gasteiger partial charge in [-0.05, 0) is 13.0 Å². The molecule has 2 aromatic heterocycles. The maximum atomic E-state index is 4.43. The van der Waals surface area contributed by atoms with Crippen LogP contribution in [-0.2, 0) is 20.0 Å². The highest BCUT2D eigenvalue weighted by molar-refractivity contribution is 5.35. The number of rotatable bonds is 5. The van der Waals surface area contributed by atoms with Gasteiger partial charge in [0.1, 0.15) is 0 Å². The van der Waals surface area contributed by atoms with Gasteiger partial charge >= 0.3 is 0 Å². The second-order valence-electron chi connectivity index (χ2n) is 4.04. The Morgan fingerprint density at radius 3 is 2.82 bits per heavy atom. The molecule has 2 aromatic rings. The summed E-state index contributed by atoms with van der Waals surface area (Å²) in [6.07, 6.45) is 6.86. The molecule has 0 aliphatic heterocycles. The number of nitrogens with one attached hydrogen (secondary N) is 1. The van der Waals surface area contributed by atoms with Crippen LogP contribution >= 0.6 is 0 Å². The normalized spacial score (nSPS) is 11.0. The first-order valence-electron chi connectivity index (χ1n) is 6.01. The van der Waals surface area contributed by atoms with E-state index in [4.69, 9.17) is 0 Å². The quantitative estimate of drug-likeness (QED) is 0.846. The number of nitrogens with zero attached hydrogens (tertiary/aromatic N) is 4. The van der Waals surface area contributed by atoms with Gasteiger partial charge in [0.15, 0.2) is 0 Å². The molecule has 0 atom stereocenters. The van der Waals surface area contributed by atoms with Gasteiger partial charge in [-0.3, -0.25) is 4.68 Å². The van der Waals surface area contributed by atoms with Crippen LogP contribution < -0.4 is 5.32 Å². The highest BCUT2D eigenvalue weighted by Gasteiger charge is 2.08. The van der Waals surface area contributed by atoms with Crippen molar-refractivity contribution < 1.29 is 0 Å². The van der Waals surface area contributed by atoms with Crippen LogP contribution in [0.5, 0.6) is 0 Å². The zero-order valence-corrected chi connectivity index (χ0v) is 10.6. The number of aromatic nitrogens is 4. The standard InChI is InChI=1S/C12H19N5/c1-4-11-12(8-16(3)15-11)17-7-10(14-9-17)6-13-5-2/h7-9,13H,4-6H2,1-3H3. The van der Waals surface area contributed by atoms with Crippen LogP contribution in [0.4, 0.5) is 0 Å². The fraction of sp³-hybridized carbons (Fsp3) is 0.500. The van der Waals surface area contributed by atoms with Crippen molar-refractivity contribution in [2.24, 2.45) is 7.05 Å². The third-order valence-electron chi connectivity index (χ3n) is 2.69. The molecule has 0 fully saturated rings. The number of imidazole rings is 1. The van der Waals surface area contributed by atoms with Gasteiger partial charge in [-0.2, -0.15) is 5.10 Å². The molecule has 92 valence electrons. The molecule has 0 bridgehead atoms. The molecule has 0 saturated heterocycles. The summed E-state index contributed by atoms with van der Waals surface area (Å²) in [4.78, 5) is 4.38. The van der Waals surface area contributed by atoms with E-state index >= 15 is 0 Å². The van der Waals surface area contributed by atoms with Gasteiger partial charge in [-0.25, -0.2) is 4.98 Å². The van der Waals surface area contributed by atoms with Crippen LogP contribution in [0.1, 0.15) is 25.2 Å². The Balaban J connectivity index is 2.23. The van der Waals surface area contributed by atoms with Gasteiger partial charge in [-0.1, -0.05) is 13.8 Å². The Labute approximate surface area is 101 Å². The molecular formula is C12H19N5. The van der Waals surface area contributed by atoms with E-state index in [0.29, 0.717) is 0 Å². The van der Waals surface area contributed by atoms with Crippen molar-refractivity contribution in [1.82, 2.24) is 24.6 Å². The van der Waals surface area contributed by atoms with E-state index in [1.54, 1.807) is 0 Å². The molecule has 17 heavy (non-hydrogen) atoms. The molecular weight excluding hydrogens is 214 g/mol. The fourth-order valence-corrected chi connectivity index (χ4v) is 1.83. The lowest BCUT2D eigenvalue weighted by molar-refractivity contribution is 0.713. The first kappa shape index (κ1) is 11.9. The monoisotopic (exact) mass is 233 g/mol. The SMILES string of the molecule is CCNCc1cn(-c2cn(C)nc2CC)cn1. The maximum absolute atomic E-state index is 4.43. The minimum absolute atomic E-state index is 0.811. The van der Waals surface area contributed by atoms with E-state index in [-0.39, 0.29) is 0 Å². The van der Waals surface area contributed by atoms with Crippen molar-refractivity contribution in [3.05, 3.63) is 30.1 Å². The molecule has 0 saturated carbocycles. The van der Waals surface area contributed by atoms with Crippen LogP contribution in [0, 0.1) is 0 Å². The van der Waals surface area contributed by atoms with E-state index in [2.05, 4.69) is 35.4 Å². The van der Waals surface area contributed by atoms with Crippen molar-refractivity contribution in [1.29, 1.82) is 0 Å². The summed E-state index contributed by atoms with van der Waals surface area (Å²) in [6.45, 7) is 5.97. The summed E-state index contributed by atoms with van der Waals surface area (Å²) in [5.41, 5.74) is 3.27. The van der Waals surface area contributed by atoms with E-state index in [1.165, 1.54) is 0 Å². The van der Waals surface area contributed by atoms with Gasteiger partial charge in [-0.15, -0.1) is 0 Å². The summed E-state index contributed by atoms with van der Waals surface area (Å²) in [5, 5.41) is 7.70. The average Bonchev–Trinajstić information content (AvgIpc) is 2.92. The number of hydrogen-bond donors (Lipinski definition) is 1.